The maximum atomic E-state index is 5.08. The summed E-state index contributed by atoms with van der Waals surface area (Å²) in [6, 6.07) is 1.99. The minimum Gasteiger partial charge on any atom is -0.472 e. The van der Waals surface area contributed by atoms with Crippen molar-refractivity contribution in [3.05, 3.63) is 29.7 Å². The highest BCUT2D eigenvalue weighted by Gasteiger charge is 2.11. The molecule has 0 bridgehead atoms. The first kappa shape index (κ1) is 13.0. The zero-order chi connectivity index (χ0) is 12.2. The predicted octanol–water partition coefficient (Wildman–Crippen LogP) is 3.71. The Morgan fingerprint density at radius 3 is 2.56 bits per heavy atom. The highest BCUT2D eigenvalue weighted by molar-refractivity contribution is 5.52. The van der Waals surface area contributed by atoms with Crippen LogP contribution in [-0.4, -0.2) is 12.1 Å². The summed E-state index contributed by atoms with van der Waals surface area (Å²) in [5.74, 6) is 0.546. The third-order valence-corrected chi connectivity index (χ3v) is 2.46. The summed E-state index contributed by atoms with van der Waals surface area (Å²) in [7, 11) is 0. The van der Waals surface area contributed by atoms with Crippen LogP contribution in [0.3, 0.4) is 0 Å². The summed E-state index contributed by atoms with van der Waals surface area (Å²) in [5, 5.41) is 3.52. The second kappa shape index (κ2) is 5.35. The summed E-state index contributed by atoms with van der Waals surface area (Å²) >= 11 is 0. The van der Waals surface area contributed by atoms with E-state index < -0.39 is 0 Å². The second-order valence-electron chi connectivity index (χ2n) is 5.53. The van der Waals surface area contributed by atoms with Gasteiger partial charge in [-0.2, -0.15) is 0 Å². The Morgan fingerprint density at radius 1 is 1.44 bits per heavy atom. The lowest BCUT2D eigenvalue weighted by Gasteiger charge is -2.23. The van der Waals surface area contributed by atoms with Crippen LogP contribution in [-0.2, 0) is 0 Å². The Labute approximate surface area is 98.7 Å². The molecule has 0 saturated heterocycles. The first-order chi connectivity index (χ1) is 7.38. The lowest BCUT2D eigenvalue weighted by atomic mass is 9.99. The molecule has 1 aromatic heterocycles. The van der Waals surface area contributed by atoms with Crippen molar-refractivity contribution in [1.82, 2.24) is 5.32 Å². The molecular weight excluding hydrogens is 198 g/mol. The maximum Gasteiger partial charge on any atom is 0.0974 e. The molecular formula is C14H23NO. The van der Waals surface area contributed by atoms with Crippen LogP contribution >= 0.6 is 0 Å². The molecule has 90 valence electrons. The Hall–Kier alpha value is -1.02. The summed E-state index contributed by atoms with van der Waals surface area (Å²) in [6.45, 7) is 11.9. The van der Waals surface area contributed by atoms with Crippen molar-refractivity contribution in [1.29, 1.82) is 0 Å². The van der Waals surface area contributed by atoms with Crippen molar-refractivity contribution in [2.45, 2.75) is 40.2 Å². The molecule has 16 heavy (non-hydrogen) atoms. The molecule has 0 unspecified atom stereocenters. The highest BCUT2D eigenvalue weighted by Crippen LogP contribution is 2.15. The molecule has 1 N–H and O–H groups in total. The molecule has 1 aromatic rings. The molecule has 0 radical (unpaired) electrons. The molecule has 2 nitrogen and oxygen atoms in total. The highest BCUT2D eigenvalue weighted by atomic mass is 16.3. The maximum absolute atomic E-state index is 5.08. The first-order valence-electron chi connectivity index (χ1n) is 5.86. The summed E-state index contributed by atoms with van der Waals surface area (Å²) in [5.41, 5.74) is 2.69. The number of nitrogens with one attached hydrogen (secondary N) is 1. The molecule has 1 heterocycles. The van der Waals surface area contributed by atoms with Gasteiger partial charge in [0.25, 0.3) is 0 Å². The van der Waals surface area contributed by atoms with Gasteiger partial charge in [-0.25, -0.2) is 0 Å². The van der Waals surface area contributed by atoms with E-state index in [4.69, 9.17) is 4.42 Å². The standard InChI is InChI=1S/C14H23NO/c1-11(2)13(9-15-14(3,4)5)8-12-6-7-16-10-12/h6-8,10-11,15H,9H2,1-5H3. The molecule has 0 saturated carbocycles. The van der Waals surface area contributed by atoms with Crippen LogP contribution in [0, 0.1) is 5.92 Å². The zero-order valence-electron chi connectivity index (χ0n) is 11.0. The molecule has 0 aliphatic rings. The average molecular weight is 221 g/mol. The zero-order valence-corrected chi connectivity index (χ0v) is 11.0. The third-order valence-electron chi connectivity index (χ3n) is 2.46. The van der Waals surface area contributed by atoms with Crippen LogP contribution in [0.25, 0.3) is 6.08 Å². The average Bonchev–Trinajstić information content (AvgIpc) is 2.62. The number of furan rings is 1. The lowest BCUT2D eigenvalue weighted by Crippen LogP contribution is -2.37. The van der Waals surface area contributed by atoms with Crippen LogP contribution in [0.4, 0.5) is 0 Å². The SMILES string of the molecule is CC(C)C(=Cc1ccoc1)CNC(C)(C)C. The fourth-order valence-electron chi connectivity index (χ4n) is 1.36. The summed E-state index contributed by atoms with van der Waals surface area (Å²) < 4.78 is 5.08. The van der Waals surface area contributed by atoms with Gasteiger partial charge in [-0.1, -0.05) is 25.5 Å². The van der Waals surface area contributed by atoms with Gasteiger partial charge in [0, 0.05) is 17.6 Å². The van der Waals surface area contributed by atoms with Crippen molar-refractivity contribution >= 4 is 6.08 Å². The predicted molar refractivity (Wildman–Crippen MR) is 69.3 cm³/mol. The van der Waals surface area contributed by atoms with Crippen LogP contribution < -0.4 is 5.32 Å². The molecule has 0 aromatic carbocycles. The number of rotatable bonds is 4. The normalized spacial score (nSPS) is 13.5. The fraction of sp³-hybridized carbons (Fsp3) is 0.571. The van der Waals surface area contributed by atoms with Crippen LogP contribution in [0.5, 0.6) is 0 Å². The van der Waals surface area contributed by atoms with Crippen molar-refractivity contribution in [2.24, 2.45) is 5.92 Å². The van der Waals surface area contributed by atoms with Gasteiger partial charge in [0.05, 0.1) is 12.5 Å². The Kier molecular flexibility index (Phi) is 4.36. The fourth-order valence-corrected chi connectivity index (χ4v) is 1.36. The van der Waals surface area contributed by atoms with Gasteiger partial charge in [0.15, 0.2) is 0 Å². The Bertz CT molecular complexity index is 328. The van der Waals surface area contributed by atoms with Gasteiger partial charge in [-0.15, -0.1) is 0 Å². The van der Waals surface area contributed by atoms with E-state index in [1.54, 1.807) is 12.5 Å². The molecule has 0 fully saturated rings. The first-order valence-corrected chi connectivity index (χ1v) is 5.86. The van der Waals surface area contributed by atoms with Crippen LogP contribution in [0.15, 0.2) is 28.6 Å². The minimum atomic E-state index is 0.157. The van der Waals surface area contributed by atoms with E-state index in [0.717, 1.165) is 12.1 Å². The molecule has 0 amide bonds. The van der Waals surface area contributed by atoms with Gasteiger partial charge in [-0.3, -0.25) is 0 Å². The van der Waals surface area contributed by atoms with E-state index in [1.807, 2.05) is 6.07 Å². The molecule has 1 rings (SSSR count). The minimum absolute atomic E-state index is 0.157. The van der Waals surface area contributed by atoms with E-state index >= 15 is 0 Å². The smallest absolute Gasteiger partial charge is 0.0974 e. The van der Waals surface area contributed by atoms with Crippen molar-refractivity contribution in [2.75, 3.05) is 6.54 Å². The summed E-state index contributed by atoms with van der Waals surface area (Å²) in [6.07, 6.45) is 5.69. The summed E-state index contributed by atoms with van der Waals surface area (Å²) in [4.78, 5) is 0. The second-order valence-corrected chi connectivity index (χ2v) is 5.53. The van der Waals surface area contributed by atoms with E-state index in [1.165, 1.54) is 5.57 Å². The van der Waals surface area contributed by atoms with E-state index in [0.29, 0.717) is 5.92 Å². The van der Waals surface area contributed by atoms with Crippen LogP contribution in [0.2, 0.25) is 0 Å². The Balaban J connectivity index is 2.69. The van der Waals surface area contributed by atoms with E-state index in [2.05, 4.69) is 46.0 Å². The van der Waals surface area contributed by atoms with Gasteiger partial charge in [-0.05, 0) is 32.8 Å². The largest absolute Gasteiger partial charge is 0.472 e. The molecule has 0 spiro atoms. The molecule has 0 atom stereocenters. The third kappa shape index (κ3) is 4.67. The van der Waals surface area contributed by atoms with Crippen molar-refractivity contribution in [3.63, 3.8) is 0 Å². The monoisotopic (exact) mass is 221 g/mol. The van der Waals surface area contributed by atoms with Gasteiger partial charge >= 0.3 is 0 Å². The van der Waals surface area contributed by atoms with E-state index in [9.17, 15) is 0 Å². The lowest BCUT2D eigenvalue weighted by molar-refractivity contribution is 0.437. The van der Waals surface area contributed by atoms with Gasteiger partial charge < -0.3 is 9.73 Å². The van der Waals surface area contributed by atoms with Crippen molar-refractivity contribution in [3.8, 4) is 0 Å². The number of hydrogen-bond acceptors (Lipinski definition) is 2. The molecule has 0 aliphatic carbocycles. The molecule has 0 aliphatic heterocycles. The topological polar surface area (TPSA) is 25.2 Å². The van der Waals surface area contributed by atoms with Crippen molar-refractivity contribution < 1.29 is 4.42 Å². The molecule has 2 heteroatoms. The number of hydrogen-bond donors (Lipinski definition) is 1. The van der Waals surface area contributed by atoms with E-state index in [-0.39, 0.29) is 5.54 Å². The van der Waals surface area contributed by atoms with Crippen LogP contribution in [0.1, 0.15) is 40.2 Å². The van der Waals surface area contributed by atoms with Gasteiger partial charge in [0.2, 0.25) is 0 Å². The quantitative estimate of drug-likeness (QED) is 0.838. The van der Waals surface area contributed by atoms with Gasteiger partial charge in [0.1, 0.15) is 0 Å². The Morgan fingerprint density at radius 2 is 2.12 bits per heavy atom.